The number of hydrogen-bond donors (Lipinski definition) is 3. The minimum absolute atomic E-state index is 0.0929. The van der Waals surface area contributed by atoms with Crippen LogP contribution in [0.2, 0.25) is 0 Å². The van der Waals surface area contributed by atoms with Gasteiger partial charge in [-0.15, -0.1) is 0 Å². The monoisotopic (exact) mass is 411 g/mol. The van der Waals surface area contributed by atoms with Crippen LogP contribution in [0.3, 0.4) is 0 Å². The van der Waals surface area contributed by atoms with Gasteiger partial charge >= 0.3 is 12.0 Å². The summed E-state index contributed by atoms with van der Waals surface area (Å²) >= 11 is 0. The number of benzene rings is 2. The van der Waals surface area contributed by atoms with Gasteiger partial charge in [0.05, 0.1) is 11.3 Å². The fourth-order valence-electron chi connectivity index (χ4n) is 2.48. The van der Waals surface area contributed by atoms with Gasteiger partial charge in [-0.3, -0.25) is 14.9 Å². The lowest BCUT2D eigenvalue weighted by atomic mass is 10.1. The maximum absolute atomic E-state index is 12.5. The summed E-state index contributed by atoms with van der Waals surface area (Å²) in [6.45, 7) is 4.93. The van der Waals surface area contributed by atoms with Crippen molar-refractivity contribution in [3.63, 3.8) is 0 Å². The lowest BCUT2D eigenvalue weighted by molar-refractivity contribution is -0.123. The Morgan fingerprint density at radius 2 is 1.77 bits per heavy atom. The highest BCUT2D eigenvalue weighted by Gasteiger charge is 2.17. The number of para-hydroxylation sites is 1. The molecule has 0 heterocycles. The number of anilines is 1. The van der Waals surface area contributed by atoms with Crippen molar-refractivity contribution in [2.75, 3.05) is 11.9 Å². The minimum atomic E-state index is -0.798. The van der Waals surface area contributed by atoms with Crippen molar-refractivity contribution in [2.45, 2.75) is 33.2 Å². The number of rotatable bonds is 7. The SMILES string of the molecule is CC[C@H](C)NC(=O)NC(=O)COC(=O)c1ccccc1NC(=O)c1cccc(C)c1. The highest BCUT2D eigenvalue weighted by molar-refractivity contribution is 6.08. The largest absolute Gasteiger partial charge is 0.452 e. The molecule has 1 atom stereocenters. The highest BCUT2D eigenvalue weighted by Crippen LogP contribution is 2.18. The number of esters is 1. The second-order valence-electron chi connectivity index (χ2n) is 6.78. The Hall–Kier alpha value is -3.68. The van der Waals surface area contributed by atoms with Crippen LogP contribution < -0.4 is 16.0 Å². The van der Waals surface area contributed by atoms with E-state index in [0.29, 0.717) is 12.0 Å². The van der Waals surface area contributed by atoms with E-state index in [-0.39, 0.29) is 23.2 Å². The lowest BCUT2D eigenvalue weighted by Gasteiger charge is -2.13. The first kappa shape index (κ1) is 22.6. The second-order valence-corrected chi connectivity index (χ2v) is 6.78. The average Bonchev–Trinajstić information content (AvgIpc) is 2.72. The Morgan fingerprint density at radius 1 is 1.03 bits per heavy atom. The third kappa shape index (κ3) is 6.73. The van der Waals surface area contributed by atoms with Crippen molar-refractivity contribution in [3.8, 4) is 0 Å². The van der Waals surface area contributed by atoms with Gasteiger partial charge in [-0.05, 0) is 44.5 Å². The number of carbonyl (C=O) groups excluding carboxylic acids is 4. The fraction of sp³-hybridized carbons (Fsp3) is 0.273. The van der Waals surface area contributed by atoms with Crippen LogP contribution in [0, 0.1) is 6.92 Å². The molecule has 2 rings (SSSR count). The van der Waals surface area contributed by atoms with Crippen molar-refractivity contribution >= 4 is 29.5 Å². The van der Waals surface area contributed by atoms with Crippen molar-refractivity contribution < 1.29 is 23.9 Å². The van der Waals surface area contributed by atoms with Crippen LogP contribution in [0.15, 0.2) is 48.5 Å². The zero-order valence-electron chi connectivity index (χ0n) is 17.2. The van der Waals surface area contributed by atoms with E-state index in [9.17, 15) is 19.2 Å². The minimum Gasteiger partial charge on any atom is -0.452 e. The molecule has 0 aliphatic rings. The Labute approximate surface area is 175 Å². The van der Waals surface area contributed by atoms with Gasteiger partial charge in [0.15, 0.2) is 6.61 Å². The number of aryl methyl sites for hydroxylation is 1. The van der Waals surface area contributed by atoms with Gasteiger partial charge in [0.2, 0.25) is 0 Å². The maximum Gasteiger partial charge on any atom is 0.340 e. The standard InChI is InChI=1S/C22H25N3O5/c1-4-15(3)23-22(29)25-19(26)13-30-21(28)17-10-5-6-11-18(17)24-20(27)16-9-7-8-14(2)12-16/h5-12,15H,4,13H2,1-3H3,(H,24,27)(H2,23,25,26,29)/t15-/m0/s1. The van der Waals surface area contributed by atoms with Crippen molar-refractivity contribution in [2.24, 2.45) is 0 Å². The van der Waals surface area contributed by atoms with Crippen molar-refractivity contribution in [1.29, 1.82) is 0 Å². The van der Waals surface area contributed by atoms with Crippen LogP contribution in [0.1, 0.15) is 46.5 Å². The van der Waals surface area contributed by atoms with Gasteiger partial charge < -0.3 is 15.4 Å². The molecule has 0 unspecified atom stereocenters. The normalized spacial score (nSPS) is 11.2. The van der Waals surface area contributed by atoms with E-state index in [0.717, 1.165) is 5.56 Å². The fourth-order valence-corrected chi connectivity index (χ4v) is 2.48. The molecule has 3 N–H and O–H groups in total. The summed E-state index contributed by atoms with van der Waals surface area (Å²) in [6, 6.07) is 12.6. The predicted octanol–water partition coefficient (Wildman–Crippen LogP) is 3.03. The molecule has 2 aromatic rings. The Morgan fingerprint density at radius 3 is 2.47 bits per heavy atom. The van der Waals surface area contributed by atoms with Gasteiger partial charge in [-0.1, -0.05) is 36.8 Å². The molecule has 30 heavy (non-hydrogen) atoms. The van der Waals surface area contributed by atoms with E-state index < -0.39 is 24.5 Å². The highest BCUT2D eigenvalue weighted by atomic mass is 16.5. The predicted molar refractivity (Wildman–Crippen MR) is 112 cm³/mol. The van der Waals surface area contributed by atoms with Crippen molar-refractivity contribution in [3.05, 3.63) is 65.2 Å². The average molecular weight is 411 g/mol. The molecule has 0 saturated carbocycles. The summed E-state index contributed by atoms with van der Waals surface area (Å²) in [6.07, 6.45) is 0.710. The Kier molecular flexibility index (Phi) is 8.10. The topological polar surface area (TPSA) is 114 Å². The first-order valence-corrected chi connectivity index (χ1v) is 9.54. The first-order valence-electron chi connectivity index (χ1n) is 9.54. The summed E-state index contributed by atoms with van der Waals surface area (Å²) in [7, 11) is 0. The molecule has 8 heteroatoms. The van der Waals surface area contributed by atoms with E-state index in [1.807, 2.05) is 19.9 Å². The van der Waals surface area contributed by atoms with Gasteiger partial charge in [0, 0.05) is 11.6 Å². The third-order valence-electron chi connectivity index (χ3n) is 4.25. The molecule has 0 spiro atoms. The van der Waals surface area contributed by atoms with Crippen LogP contribution in [0.4, 0.5) is 10.5 Å². The summed E-state index contributed by atoms with van der Waals surface area (Å²) < 4.78 is 4.99. The molecular weight excluding hydrogens is 386 g/mol. The van der Waals surface area contributed by atoms with Gasteiger partial charge in [-0.2, -0.15) is 0 Å². The van der Waals surface area contributed by atoms with Gasteiger partial charge in [0.25, 0.3) is 11.8 Å². The Balaban J connectivity index is 1.97. The summed E-state index contributed by atoms with van der Waals surface area (Å²) in [5, 5.41) is 7.34. The molecule has 0 aromatic heterocycles. The molecule has 158 valence electrons. The number of urea groups is 1. The van der Waals surface area contributed by atoms with Gasteiger partial charge in [-0.25, -0.2) is 9.59 Å². The summed E-state index contributed by atoms with van der Waals surface area (Å²) in [5.74, 6) is -1.93. The van der Waals surface area contributed by atoms with Crippen LogP contribution in [0.5, 0.6) is 0 Å². The number of ether oxygens (including phenoxy) is 1. The molecule has 2 aromatic carbocycles. The molecule has 0 aliphatic heterocycles. The van der Waals surface area contributed by atoms with Gasteiger partial charge in [0.1, 0.15) is 0 Å². The number of imide groups is 1. The van der Waals surface area contributed by atoms with Crippen LogP contribution in [-0.2, 0) is 9.53 Å². The summed E-state index contributed by atoms with van der Waals surface area (Å²) in [5.41, 5.74) is 1.72. The second kappa shape index (κ2) is 10.8. The summed E-state index contributed by atoms with van der Waals surface area (Å²) in [4.78, 5) is 48.3. The first-order chi connectivity index (χ1) is 14.3. The van der Waals surface area contributed by atoms with Crippen LogP contribution >= 0.6 is 0 Å². The van der Waals surface area contributed by atoms with E-state index in [1.54, 1.807) is 43.3 Å². The van der Waals surface area contributed by atoms with E-state index in [1.165, 1.54) is 6.07 Å². The number of nitrogens with one attached hydrogen (secondary N) is 3. The molecule has 4 amide bonds. The van der Waals surface area contributed by atoms with Crippen LogP contribution in [-0.4, -0.2) is 36.5 Å². The molecule has 0 radical (unpaired) electrons. The smallest absolute Gasteiger partial charge is 0.340 e. The molecule has 0 bridgehead atoms. The lowest BCUT2D eigenvalue weighted by Crippen LogP contribution is -2.44. The number of hydrogen-bond acceptors (Lipinski definition) is 5. The number of amides is 4. The quantitative estimate of drug-likeness (QED) is 0.606. The molecule has 0 aliphatic carbocycles. The zero-order valence-corrected chi connectivity index (χ0v) is 17.2. The van der Waals surface area contributed by atoms with Crippen molar-refractivity contribution in [1.82, 2.24) is 10.6 Å². The zero-order chi connectivity index (χ0) is 22.1. The van der Waals surface area contributed by atoms with E-state index >= 15 is 0 Å². The molecule has 0 saturated heterocycles. The maximum atomic E-state index is 12.5. The molecule has 0 fully saturated rings. The van der Waals surface area contributed by atoms with E-state index in [4.69, 9.17) is 4.74 Å². The third-order valence-corrected chi connectivity index (χ3v) is 4.25. The van der Waals surface area contributed by atoms with Crippen LogP contribution in [0.25, 0.3) is 0 Å². The molecule has 8 nitrogen and oxygen atoms in total. The van der Waals surface area contributed by atoms with E-state index in [2.05, 4.69) is 16.0 Å². The Bertz CT molecular complexity index is 942. The number of carbonyl (C=O) groups is 4. The molecular formula is C22H25N3O5.